The number of hydrogen-bond donors (Lipinski definition) is 0. The highest BCUT2D eigenvalue weighted by atomic mass is 16.5. The Labute approximate surface area is 67.3 Å². The molecule has 0 N–H and O–H groups in total. The van der Waals surface area contributed by atoms with Crippen molar-refractivity contribution < 1.29 is 9.47 Å². The molecule has 2 aliphatic heterocycles. The van der Waals surface area contributed by atoms with Crippen molar-refractivity contribution in [2.45, 2.75) is 18.9 Å². The van der Waals surface area contributed by atoms with Gasteiger partial charge in [0.2, 0.25) is 0 Å². The van der Waals surface area contributed by atoms with Crippen molar-refractivity contribution >= 4 is 0 Å². The molecule has 0 bridgehead atoms. The average molecular weight is 157 g/mol. The van der Waals surface area contributed by atoms with Crippen LogP contribution in [-0.2, 0) is 9.47 Å². The minimum Gasteiger partial charge on any atom is -0.377 e. The zero-order chi connectivity index (χ0) is 7.52. The molecule has 1 unspecified atom stereocenters. The topological polar surface area (TPSA) is 21.7 Å². The smallest absolute Gasteiger partial charge is 0.0992 e. The molecule has 2 rings (SSSR count). The SMILES string of the molecule is C1COC(CN2CCOC2)C1. The van der Waals surface area contributed by atoms with Gasteiger partial charge in [-0.2, -0.15) is 0 Å². The Kier molecular flexibility index (Phi) is 2.41. The molecule has 0 radical (unpaired) electrons. The molecule has 0 saturated carbocycles. The second-order valence-electron chi connectivity index (χ2n) is 3.25. The van der Waals surface area contributed by atoms with E-state index in [1.807, 2.05) is 0 Å². The van der Waals surface area contributed by atoms with Crippen LogP contribution in [0.15, 0.2) is 0 Å². The maximum atomic E-state index is 5.52. The highest BCUT2D eigenvalue weighted by Gasteiger charge is 2.21. The summed E-state index contributed by atoms with van der Waals surface area (Å²) in [5.41, 5.74) is 0. The van der Waals surface area contributed by atoms with Crippen molar-refractivity contribution in [1.29, 1.82) is 0 Å². The number of hydrogen-bond acceptors (Lipinski definition) is 3. The van der Waals surface area contributed by atoms with E-state index in [0.717, 1.165) is 33.0 Å². The Bertz CT molecular complexity index is 103. The molecule has 0 aromatic carbocycles. The van der Waals surface area contributed by atoms with Crippen LogP contribution < -0.4 is 0 Å². The third-order valence-corrected chi connectivity index (χ3v) is 2.31. The first kappa shape index (κ1) is 7.53. The summed E-state index contributed by atoms with van der Waals surface area (Å²) in [4.78, 5) is 2.32. The van der Waals surface area contributed by atoms with Gasteiger partial charge in [0, 0.05) is 19.7 Å². The molecule has 3 heteroatoms. The quantitative estimate of drug-likeness (QED) is 0.581. The normalized spacial score (nSPS) is 33.3. The van der Waals surface area contributed by atoms with Crippen molar-refractivity contribution in [1.82, 2.24) is 4.90 Å². The van der Waals surface area contributed by atoms with Gasteiger partial charge in [0.25, 0.3) is 0 Å². The number of ether oxygens (including phenoxy) is 2. The van der Waals surface area contributed by atoms with Crippen LogP contribution in [0.3, 0.4) is 0 Å². The van der Waals surface area contributed by atoms with Gasteiger partial charge >= 0.3 is 0 Å². The van der Waals surface area contributed by atoms with E-state index in [9.17, 15) is 0 Å². The maximum absolute atomic E-state index is 5.52. The molecule has 0 spiro atoms. The molecule has 2 aliphatic rings. The van der Waals surface area contributed by atoms with Gasteiger partial charge in [-0.3, -0.25) is 4.90 Å². The molecule has 3 nitrogen and oxygen atoms in total. The van der Waals surface area contributed by atoms with Crippen LogP contribution in [0.2, 0.25) is 0 Å². The van der Waals surface area contributed by atoms with E-state index >= 15 is 0 Å². The molecular weight excluding hydrogens is 142 g/mol. The van der Waals surface area contributed by atoms with Crippen molar-refractivity contribution in [2.24, 2.45) is 0 Å². The van der Waals surface area contributed by atoms with Crippen LogP contribution in [0.4, 0.5) is 0 Å². The van der Waals surface area contributed by atoms with Crippen LogP contribution >= 0.6 is 0 Å². The standard InChI is InChI=1S/C8H15NO2/c1-2-8(11-4-1)6-9-3-5-10-7-9/h8H,1-7H2. The first-order valence-electron chi connectivity index (χ1n) is 4.37. The lowest BCUT2D eigenvalue weighted by atomic mass is 10.2. The zero-order valence-corrected chi connectivity index (χ0v) is 6.79. The fraction of sp³-hybridized carbons (Fsp3) is 1.00. The van der Waals surface area contributed by atoms with Crippen molar-refractivity contribution in [3.8, 4) is 0 Å². The third-order valence-electron chi connectivity index (χ3n) is 2.31. The van der Waals surface area contributed by atoms with Gasteiger partial charge in [0.15, 0.2) is 0 Å². The molecule has 0 aromatic rings. The predicted molar refractivity (Wildman–Crippen MR) is 41.4 cm³/mol. The monoisotopic (exact) mass is 157 g/mol. The molecule has 2 heterocycles. The minimum absolute atomic E-state index is 0.483. The molecule has 11 heavy (non-hydrogen) atoms. The Morgan fingerprint density at radius 3 is 3.00 bits per heavy atom. The van der Waals surface area contributed by atoms with E-state index in [1.54, 1.807) is 0 Å². The molecule has 2 fully saturated rings. The lowest BCUT2D eigenvalue weighted by Crippen LogP contribution is -2.29. The number of rotatable bonds is 2. The van der Waals surface area contributed by atoms with E-state index < -0.39 is 0 Å². The Hall–Kier alpha value is -0.120. The fourth-order valence-corrected chi connectivity index (χ4v) is 1.67. The Morgan fingerprint density at radius 2 is 2.36 bits per heavy atom. The summed E-state index contributed by atoms with van der Waals surface area (Å²) < 4.78 is 10.8. The van der Waals surface area contributed by atoms with E-state index in [1.165, 1.54) is 12.8 Å². The van der Waals surface area contributed by atoms with E-state index in [-0.39, 0.29) is 0 Å². The van der Waals surface area contributed by atoms with Gasteiger partial charge < -0.3 is 9.47 Å². The van der Waals surface area contributed by atoms with Crippen LogP contribution in [-0.4, -0.2) is 44.0 Å². The second-order valence-corrected chi connectivity index (χ2v) is 3.25. The molecule has 2 saturated heterocycles. The van der Waals surface area contributed by atoms with Crippen LogP contribution in [0.25, 0.3) is 0 Å². The summed E-state index contributed by atoms with van der Waals surface area (Å²) in [6.45, 7) is 4.81. The van der Waals surface area contributed by atoms with Gasteiger partial charge in [-0.1, -0.05) is 0 Å². The second kappa shape index (κ2) is 3.52. The molecule has 1 atom stereocenters. The average Bonchev–Trinajstić information content (AvgIpc) is 2.60. The predicted octanol–water partition coefficient (Wildman–Crippen LogP) is 0.455. The van der Waals surface area contributed by atoms with Gasteiger partial charge in [0.05, 0.1) is 19.4 Å². The Balaban J connectivity index is 1.71. The highest BCUT2D eigenvalue weighted by molar-refractivity contribution is 4.70. The van der Waals surface area contributed by atoms with E-state index in [0.29, 0.717) is 6.10 Å². The maximum Gasteiger partial charge on any atom is 0.0992 e. The summed E-state index contributed by atoms with van der Waals surface area (Å²) in [6.07, 6.45) is 2.95. The largest absolute Gasteiger partial charge is 0.377 e. The van der Waals surface area contributed by atoms with Crippen molar-refractivity contribution in [3.05, 3.63) is 0 Å². The third kappa shape index (κ3) is 1.92. The summed E-state index contributed by atoms with van der Waals surface area (Å²) in [6, 6.07) is 0. The van der Waals surface area contributed by atoms with Crippen molar-refractivity contribution in [2.75, 3.05) is 33.0 Å². The highest BCUT2D eigenvalue weighted by Crippen LogP contribution is 2.14. The molecule has 0 aromatic heterocycles. The van der Waals surface area contributed by atoms with Crippen molar-refractivity contribution in [3.63, 3.8) is 0 Å². The fourth-order valence-electron chi connectivity index (χ4n) is 1.67. The van der Waals surface area contributed by atoms with Crippen LogP contribution in [0, 0.1) is 0 Å². The summed E-state index contributed by atoms with van der Waals surface area (Å²) in [7, 11) is 0. The van der Waals surface area contributed by atoms with Gasteiger partial charge in [-0.05, 0) is 12.8 Å². The van der Waals surface area contributed by atoms with Gasteiger partial charge in [-0.15, -0.1) is 0 Å². The molecule has 64 valence electrons. The van der Waals surface area contributed by atoms with Gasteiger partial charge in [-0.25, -0.2) is 0 Å². The lowest BCUT2D eigenvalue weighted by molar-refractivity contribution is 0.0612. The minimum atomic E-state index is 0.483. The van der Waals surface area contributed by atoms with E-state index in [4.69, 9.17) is 9.47 Å². The van der Waals surface area contributed by atoms with E-state index in [2.05, 4.69) is 4.90 Å². The number of nitrogens with zero attached hydrogens (tertiary/aromatic N) is 1. The summed E-state index contributed by atoms with van der Waals surface area (Å²) >= 11 is 0. The summed E-state index contributed by atoms with van der Waals surface area (Å²) in [5, 5.41) is 0. The molecule has 0 amide bonds. The lowest BCUT2D eigenvalue weighted by Gasteiger charge is -2.17. The summed E-state index contributed by atoms with van der Waals surface area (Å²) in [5.74, 6) is 0. The molecule has 0 aliphatic carbocycles. The first-order chi connectivity index (χ1) is 5.45. The Morgan fingerprint density at radius 1 is 1.36 bits per heavy atom. The molecular formula is C8H15NO2. The zero-order valence-electron chi connectivity index (χ0n) is 6.79. The van der Waals surface area contributed by atoms with Crippen LogP contribution in [0.1, 0.15) is 12.8 Å². The first-order valence-corrected chi connectivity index (χ1v) is 4.37. The van der Waals surface area contributed by atoms with Gasteiger partial charge in [0.1, 0.15) is 0 Å². The van der Waals surface area contributed by atoms with Crippen LogP contribution in [0.5, 0.6) is 0 Å².